The Kier molecular flexibility index (Phi) is 5.56. The Balaban J connectivity index is 1.42. The maximum absolute atomic E-state index is 12.8. The summed E-state index contributed by atoms with van der Waals surface area (Å²) < 4.78 is 22.5. The molecule has 1 aromatic heterocycles. The third-order valence-electron chi connectivity index (χ3n) is 5.99. The zero-order valence-corrected chi connectivity index (χ0v) is 18.9. The number of anilines is 1. The first-order valence-electron chi connectivity index (χ1n) is 11.4. The number of urea groups is 1. The zero-order chi connectivity index (χ0) is 23.6. The van der Waals surface area contributed by atoms with E-state index in [0.717, 1.165) is 16.3 Å². The Morgan fingerprint density at radius 1 is 0.886 bits per heavy atom. The molecule has 6 rings (SSSR count). The van der Waals surface area contributed by atoms with E-state index in [0.29, 0.717) is 60.5 Å². The fraction of sp³-hybridized carbons (Fsp3) is 0.185. The fourth-order valence-corrected chi connectivity index (χ4v) is 4.17. The molecule has 1 saturated heterocycles. The summed E-state index contributed by atoms with van der Waals surface area (Å²) in [5.74, 6) is 2.04. The summed E-state index contributed by atoms with van der Waals surface area (Å²) in [6.45, 7) is 2.42. The molecule has 2 amide bonds. The molecule has 3 heterocycles. The number of carbonyl (C=O) groups is 1. The zero-order valence-electron chi connectivity index (χ0n) is 18.9. The van der Waals surface area contributed by atoms with Crippen molar-refractivity contribution in [2.45, 2.75) is 0 Å². The van der Waals surface area contributed by atoms with Crippen LogP contribution < -0.4 is 20.1 Å². The van der Waals surface area contributed by atoms with Gasteiger partial charge in [0.1, 0.15) is 11.3 Å². The molecule has 35 heavy (non-hydrogen) atoms. The van der Waals surface area contributed by atoms with Gasteiger partial charge in [-0.3, -0.25) is 0 Å². The summed E-state index contributed by atoms with van der Waals surface area (Å²) in [6.07, 6.45) is 0. The number of para-hydroxylation sites is 3. The minimum Gasteiger partial charge on any atom is -0.456 e. The van der Waals surface area contributed by atoms with Crippen LogP contribution >= 0.6 is 0 Å². The third kappa shape index (κ3) is 4.31. The van der Waals surface area contributed by atoms with Gasteiger partial charge < -0.3 is 28.8 Å². The van der Waals surface area contributed by atoms with Crippen molar-refractivity contribution in [3.05, 3.63) is 78.2 Å². The Morgan fingerprint density at radius 3 is 2.60 bits per heavy atom. The minimum absolute atomic E-state index is 0.162. The van der Waals surface area contributed by atoms with E-state index in [4.69, 9.17) is 23.6 Å². The van der Waals surface area contributed by atoms with E-state index in [1.807, 2.05) is 72.8 Å². The lowest BCUT2D eigenvalue weighted by Crippen LogP contribution is -2.43. The highest BCUT2D eigenvalue weighted by atomic mass is 16.7. The molecule has 0 radical (unpaired) electrons. The molecule has 1 fully saturated rings. The number of benzene rings is 3. The quantitative estimate of drug-likeness (QED) is 0.460. The summed E-state index contributed by atoms with van der Waals surface area (Å²) in [4.78, 5) is 19.5. The molecular weight excluding hydrogens is 446 g/mol. The van der Waals surface area contributed by atoms with Gasteiger partial charge in [-0.2, -0.15) is 0 Å². The lowest BCUT2D eigenvalue weighted by Gasteiger charge is -2.27. The van der Waals surface area contributed by atoms with E-state index >= 15 is 0 Å². The van der Waals surface area contributed by atoms with Crippen molar-refractivity contribution in [3.8, 4) is 22.8 Å². The van der Waals surface area contributed by atoms with Crippen LogP contribution in [0.15, 0.2) is 82.2 Å². The predicted octanol–water partition coefficient (Wildman–Crippen LogP) is 4.93. The standard InChI is InChI=1S/C27H23N3O5/c31-27(30-11-13-32-14-12-30)29-21-7-3-2-6-20(21)28-22-16-25(35-23-8-4-1-5-19(22)23)18-9-10-24-26(15-18)34-17-33-24/h1-10,15-16H,11-14,17H2,(H,29,31). The maximum atomic E-state index is 12.8. The highest BCUT2D eigenvalue weighted by Crippen LogP contribution is 2.36. The predicted molar refractivity (Wildman–Crippen MR) is 131 cm³/mol. The lowest BCUT2D eigenvalue weighted by molar-refractivity contribution is 0.0564. The van der Waals surface area contributed by atoms with Crippen molar-refractivity contribution in [2.24, 2.45) is 4.99 Å². The number of nitrogens with one attached hydrogen (secondary N) is 1. The van der Waals surface area contributed by atoms with Crippen LogP contribution in [0, 0.1) is 0 Å². The molecule has 0 bridgehead atoms. The van der Waals surface area contributed by atoms with Gasteiger partial charge in [0.05, 0.1) is 29.9 Å². The van der Waals surface area contributed by atoms with E-state index in [1.54, 1.807) is 4.90 Å². The van der Waals surface area contributed by atoms with Crippen LogP contribution in [-0.2, 0) is 4.74 Å². The van der Waals surface area contributed by atoms with E-state index in [-0.39, 0.29) is 12.8 Å². The molecule has 2 aliphatic rings. The molecular formula is C27H23N3O5. The summed E-state index contributed by atoms with van der Waals surface area (Å²) in [5, 5.41) is 4.60. The number of morpholine rings is 1. The highest BCUT2D eigenvalue weighted by Gasteiger charge is 2.18. The summed E-state index contributed by atoms with van der Waals surface area (Å²) >= 11 is 0. The number of rotatable bonds is 3. The highest BCUT2D eigenvalue weighted by molar-refractivity contribution is 5.92. The summed E-state index contributed by atoms with van der Waals surface area (Å²) in [7, 11) is 0. The van der Waals surface area contributed by atoms with Crippen molar-refractivity contribution < 1.29 is 23.4 Å². The number of carbonyl (C=O) groups excluding carboxylic acids is 1. The first kappa shape index (κ1) is 21.2. The smallest absolute Gasteiger partial charge is 0.322 e. The number of hydrogen-bond acceptors (Lipinski definition) is 6. The van der Waals surface area contributed by atoms with Crippen LogP contribution in [0.3, 0.4) is 0 Å². The monoisotopic (exact) mass is 469 g/mol. The average Bonchev–Trinajstić information content (AvgIpc) is 3.38. The van der Waals surface area contributed by atoms with Crippen LogP contribution in [0.25, 0.3) is 22.3 Å². The van der Waals surface area contributed by atoms with E-state index in [9.17, 15) is 4.79 Å². The molecule has 0 unspecified atom stereocenters. The second-order valence-corrected chi connectivity index (χ2v) is 8.22. The number of ether oxygens (including phenoxy) is 3. The molecule has 0 atom stereocenters. The van der Waals surface area contributed by atoms with Crippen LogP contribution in [-0.4, -0.2) is 44.0 Å². The van der Waals surface area contributed by atoms with Crippen molar-refractivity contribution in [3.63, 3.8) is 0 Å². The molecule has 4 aromatic rings. The number of hydrogen-bond donors (Lipinski definition) is 1. The molecule has 3 aromatic carbocycles. The molecule has 176 valence electrons. The first-order chi connectivity index (χ1) is 17.2. The second kappa shape index (κ2) is 9.15. The Hall–Kier alpha value is -4.30. The van der Waals surface area contributed by atoms with Crippen molar-refractivity contribution in [1.29, 1.82) is 0 Å². The van der Waals surface area contributed by atoms with Crippen molar-refractivity contribution >= 4 is 28.4 Å². The van der Waals surface area contributed by atoms with Crippen LogP contribution in [0.5, 0.6) is 11.5 Å². The van der Waals surface area contributed by atoms with Crippen LogP contribution in [0.1, 0.15) is 0 Å². The van der Waals surface area contributed by atoms with E-state index in [2.05, 4.69) is 5.32 Å². The van der Waals surface area contributed by atoms with E-state index < -0.39 is 0 Å². The van der Waals surface area contributed by atoms with Gasteiger partial charge in [0.15, 0.2) is 11.5 Å². The molecule has 8 nitrogen and oxygen atoms in total. The van der Waals surface area contributed by atoms with Gasteiger partial charge in [0.25, 0.3) is 0 Å². The molecule has 0 spiro atoms. The van der Waals surface area contributed by atoms with Gasteiger partial charge in [0, 0.05) is 30.1 Å². The molecule has 2 aliphatic heterocycles. The Morgan fingerprint density at radius 2 is 1.69 bits per heavy atom. The molecule has 0 saturated carbocycles. The van der Waals surface area contributed by atoms with Gasteiger partial charge in [-0.1, -0.05) is 24.3 Å². The fourth-order valence-electron chi connectivity index (χ4n) is 4.17. The van der Waals surface area contributed by atoms with Gasteiger partial charge >= 0.3 is 6.03 Å². The maximum Gasteiger partial charge on any atom is 0.322 e. The average molecular weight is 469 g/mol. The van der Waals surface area contributed by atoms with Crippen LogP contribution in [0.2, 0.25) is 0 Å². The van der Waals surface area contributed by atoms with Crippen molar-refractivity contribution in [2.75, 3.05) is 38.4 Å². The number of amides is 2. The summed E-state index contributed by atoms with van der Waals surface area (Å²) in [5.41, 5.74) is 2.85. The Labute approximate surface area is 201 Å². The second-order valence-electron chi connectivity index (χ2n) is 8.22. The third-order valence-corrected chi connectivity index (χ3v) is 5.99. The van der Waals surface area contributed by atoms with E-state index in [1.165, 1.54) is 0 Å². The molecule has 1 N–H and O–H groups in total. The first-order valence-corrected chi connectivity index (χ1v) is 11.4. The van der Waals surface area contributed by atoms with Gasteiger partial charge in [-0.25, -0.2) is 9.79 Å². The van der Waals surface area contributed by atoms with Crippen molar-refractivity contribution in [1.82, 2.24) is 4.90 Å². The number of nitrogens with zero attached hydrogens (tertiary/aromatic N) is 2. The minimum atomic E-state index is -0.162. The molecule has 0 aliphatic carbocycles. The van der Waals surface area contributed by atoms with Gasteiger partial charge in [0.2, 0.25) is 6.79 Å². The SMILES string of the molecule is O=C(Nc1ccccc1N=c1cc(-c2ccc3c(c2)OCO3)oc2ccccc12)N1CCOCC1. The molecule has 8 heteroatoms. The Bertz CT molecular complexity index is 1470. The number of fused-ring (bicyclic) bond motifs is 2. The van der Waals surface area contributed by atoms with Gasteiger partial charge in [-0.15, -0.1) is 0 Å². The largest absolute Gasteiger partial charge is 0.456 e. The van der Waals surface area contributed by atoms with Gasteiger partial charge in [-0.05, 0) is 42.5 Å². The van der Waals surface area contributed by atoms with Crippen LogP contribution in [0.4, 0.5) is 16.2 Å². The lowest BCUT2D eigenvalue weighted by atomic mass is 10.1. The normalized spacial score (nSPS) is 15.4. The summed E-state index contributed by atoms with van der Waals surface area (Å²) in [6, 6.07) is 22.7. The topological polar surface area (TPSA) is 85.5 Å².